The van der Waals surface area contributed by atoms with Gasteiger partial charge in [0.15, 0.2) is 0 Å². The van der Waals surface area contributed by atoms with Gasteiger partial charge in [0, 0.05) is 63.3 Å². The van der Waals surface area contributed by atoms with Crippen LogP contribution in [0.3, 0.4) is 0 Å². The van der Waals surface area contributed by atoms with Gasteiger partial charge in [-0.1, -0.05) is 24.4 Å². The quantitative estimate of drug-likeness (QED) is 0.342. The van der Waals surface area contributed by atoms with Gasteiger partial charge in [-0.2, -0.15) is 5.26 Å². The van der Waals surface area contributed by atoms with Crippen molar-refractivity contribution >= 4 is 29.0 Å². The van der Waals surface area contributed by atoms with E-state index in [9.17, 15) is 10.1 Å². The zero-order valence-electron chi connectivity index (χ0n) is 24.7. The number of piperidine rings is 2. The fraction of sp³-hybridized carbons (Fsp3) is 0.719. The SMILES string of the molecule is CN(C)C1CCN(C(=O)C2CC3(CCN(C(=N)CC(C4CCCC4)N(C)c4ccc(C#N)c(Cl)c4)CC3)C2)CC1. The smallest absolute Gasteiger partial charge is 0.225 e. The summed E-state index contributed by atoms with van der Waals surface area (Å²) in [5.41, 5.74) is 1.82. The Bertz CT molecular complexity index is 1100. The number of nitriles is 1. The van der Waals surface area contributed by atoms with Crippen molar-refractivity contribution in [3.63, 3.8) is 0 Å². The molecule has 8 heteroatoms. The largest absolute Gasteiger partial charge is 0.371 e. The Kier molecular flexibility index (Phi) is 8.97. The van der Waals surface area contributed by atoms with Gasteiger partial charge in [0.25, 0.3) is 0 Å². The first-order valence-electron chi connectivity index (χ1n) is 15.4. The lowest BCUT2D eigenvalue weighted by Gasteiger charge is -2.53. The van der Waals surface area contributed by atoms with Gasteiger partial charge in [-0.3, -0.25) is 10.2 Å². The summed E-state index contributed by atoms with van der Waals surface area (Å²) in [6.45, 7) is 3.67. The highest BCUT2D eigenvalue weighted by atomic mass is 35.5. The van der Waals surface area contributed by atoms with E-state index in [1.165, 1.54) is 25.7 Å². The summed E-state index contributed by atoms with van der Waals surface area (Å²) in [7, 11) is 6.40. The zero-order chi connectivity index (χ0) is 28.4. The minimum absolute atomic E-state index is 0.210. The molecule has 2 aliphatic carbocycles. The van der Waals surface area contributed by atoms with E-state index in [1.54, 1.807) is 6.07 Å². The van der Waals surface area contributed by atoms with Gasteiger partial charge in [-0.25, -0.2) is 0 Å². The molecule has 0 bridgehead atoms. The Balaban J connectivity index is 1.13. The summed E-state index contributed by atoms with van der Waals surface area (Å²) in [4.78, 5) is 22.2. The van der Waals surface area contributed by atoms with E-state index in [-0.39, 0.29) is 12.0 Å². The molecule has 7 nitrogen and oxygen atoms in total. The Morgan fingerprint density at radius 1 is 1.07 bits per heavy atom. The maximum Gasteiger partial charge on any atom is 0.225 e. The van der Waals surface area contributed by atoms with Crippen LogP contribution in [-0.2, 0) is 4.79 Å². The minimum atomic E-state index is 0.210. The second kappa shape index (κ2) is 12.3. The highest BCUT2D eigenvalue weighted by molar-refractivity contribution is 6.32. The van der Waals surface area contributed by atoms with E-state index in [4.69, 9.17) is 17.0 Å². The lowest BCUT2D eigenvalue weighted by Crippen LogP contribution is -2.54. The molecule has 1 spiro atoms. The third-order valence-corrected chi connectivity index (χ3v) is 11.1. The maximum atomic E-state index is 13.2. The molecule has 1 unspecified atom stereocenters. The molecule has 0 radical (unpaired) electrons. The normalized spacial score (nSPS) is 22.8. The number of carbonyl (C=O) groups excluding carboxylic acids is 1. The predicted octanol–water partition coefficient (Wildman–Crippen LogP) is 5.62. The zero-order valence-corrected chi connectivity index (χ0v) is 25.4. The summed E-state index contributed by atoms with van der Waals surface area (Å²) in [6.07, 6.45) is 12.1. The van der Waals surface area contributed by atoms with Crippen LogP contribution in [0, 0.1) is 34.0 Å². The topological polar surface area (TPSA) is 77.7 Å². The number of likely N-dealkylation sites (tertiary alicyclic amines) is 2. The molecule has 2 heterocycles. The van der Waals surface area contributed by atoms with Gasteiger partial charge >= 0.3 is 0 Å². The van der Waals surface area contributed by atoms with Crippen molar-refractivity contribution in [1.29, 1.82) is 10.7 Å². The van der Waals surface area contributed by atoms with Crippen LogP contribution in [0.15, 0.2) is 18.2 Å². The lowest BCUT2D eigenvalue weighted by atomic mass is 9.57. The fourth-order valence-electron chi connectivity index (χ4n) is 7.98. The summed E-state index contributed by atoms with van der Waals surface area (Å²) < 4.78 is 0. The van der Waals surface area contributed by atoms with Crippen LogP contribution in [0.4, 0.5) is 5.69 Å². The van der Waals surface area contributed by atoms with Crippen LogP contribution in [0.25, 0.3) is 0 Å². The molecule has 5 rings (SSSR count). The van der Waals surface area contributed by atoms with Gasteiger partial charge in [0.1, 0.15) is 6.07 Å². The molecule has 1 N–H and O–H groups in total. The molecule has 2 aliphatic heterocycles. The van der Waals surface area contributed by atoms with E-state index >= 15 is 0 Å². The summed E-state index contributed by atoms with van der Waals surface area (Å²) in [5, 5.41) is 18.9. The van der Waals surface area contributed by atoms with E-state index < -0.39 is 0 Å². The molecule has 218 valence electrons. The van der Waals surface area contributed by atoms with Crippen molar-refractivity contribution in [2.75, 3.05) is 52.2 Å². The summed E-state index contributed by atoms with van der Waals surface area (Å²) in [5.74, 6) is 1.91. The standard InChI is InChI=1S/C32H47ClN6O/c1-36(2)26-10-14-39(15-11-26)31(40)25-20-32(21-25)12-16-38(17-13-32)30(35)19-29(23-6-4-5-7-23)37(3)27-9-8-24(22-34)28(33)18-27/h8-9,18,23,25-26,29,35H,4-7,10-17,19-21H2,1-3H3. The number of hydrogen-bond donors (Lipinski definition) is 1. The number of anilines is 1. The predicted molar refractivity (Wildman–Crippen MR) is 162 cm³/mol. The molecular formula is C32H47ClN6O. The number of rotatable bonds is 7. The van der Waals surface area contributed by atoms with Crippen LogP contribution in [0.2, 0.25) is 5.02 Å². The third-order valence-electron chi connectivity index (χ3n) is 10.7. The molecule has 1 amide bonds. The van der Waals surface area contributed by atoms with Crippen LogP contribution in [0.1, 0.15) is 76.2 Å². The monoisotopic (exact) mass is 566 g/mol. The molecule has 1 atom stereocenters. The highest BCUT2D eigenvalue weighted by Gasteiger charge is 2.50. The molecule has 2 saturated carbocycles. The minimum Gasteiger partial charge on any atom is -0.371 e. The maximum absolute atomic E-state index is 13.2. The average molecular weight is 567 g/mol. The van der Waals surface area contributed by atoms with Crippen LogP contribution >= 0.6 is 11.6 Å². The van der Waals surface area contributed by atoms with Gasteiger partial charge in [0.2, 0.25) is 5.91 Å². The van der Waals surface area contributed by atoms with Crippen molar-refractivity contribution in [3.8, 4) is 6.07 Å². The molecule has 1 aromatic carbocycles. The Hall–Kier alpha value is -2.30. The Labute approximate surface area is 245 Å². The van der Waals surface area contributed by atoms with Gasteiger partial charge in [-0.05, 0) is 95.0 Å². The Morgan fingerprint density at radius 3 is 2.30 bits per heavy atom. The van der Waals surface area contributed by atoms with Crippen molar-refractivity contribution in [2.24, 2.45) is 17.3 Å². The van der Waals surface area contributed by atoms with Crippen LogP contribution < -0.4 is 4.90 Å². The fourth-order valence-corrected chi connectivity index (χ4v) is 8.19. The van der Waals surface area contributed by atoms with Crippen molar-refractivity contribution in [1.82, 2.24) is 14.7 Å². The van der Waals surface area contributed by atoms with Crippen molar-refractivity contribution < 1.29 is 4.79 Å². The van der Waals surface area contributed by atoms with E-state index in [1.807, 2.05) is 12.1 Å². The van der Waals surface area contributed by atoms with Crippen molar-refractivity contribution in [2.45, 2.75) is 82.7 Å². The van der Waals surface area contributed by atoms with Gasteiger partial charge < -0.3 is 19.6 Å². The number of nitrogens with zero attached hydrogens (tertiary/aromatic N) is 5. The number of amidine groups is 1. The van der Waals surface area contributed by atoms with E-state index in [0.29, 0.717) is 33.9 Å². The summed E-state index contributed by atoms with van der Waals surface area (Å²) >= 11 is 6.38. The first-order valence-corrected chi connectivity index (χ1v) is 15.8. The van der Waals surface area contributed by atoms with E-state index in [0.717, 1.165) is 82.6 Å². The molecular weight excluding hydrogens is 520 g/mol. The second-order valence-corrected chi connectivity index (χ2v) is 13.7. The second-order valence-electron chi connectivity index (χ2n) is 13.3. The van der Waals surface area contributed by atoms with Crippen molar-refractivity contribution in [3.05, 3.63) is 28.8 Å². The molecule has 4 aliphatic rings. The molecule has 2 saturated heterocycles. The molecule has 40 heavy (non-hydrogen) atoms. The van der Waals surface area contributed by atoms with Crippen LogP contribution in [0.5, 0.6) is 0 Å². The first kappa shape index (κ1) is 29.2. The van der Waals surface area contributed by atoms with Gasteiger partial charge in [-0.15, -0.1) is 0 Å². The number of amides is 1. The number of halogens is 1. The van der Waals surface area contributed by atoms with E-state index in [2.05, 4.69) is 46.8 Å². The number of carbonyl (C=O) groups is 1. The number of benzene rings is 1. The molecule has 1 aromatic rings. The van der Waals surface area contributed by atoms with Crippen LogP contribution in [-0.4, -0.2) is 85.8 Å². The third kappa shape index (κ3) is 6.14. The van der Waals surface area contributed by atoms with Gasteiger partial charge in [0.05, 0.1) is 16.4 Å². The lowest BCUT2D eigenvalue weighted by molar-refractivity contribution is -0.147. The molecule has 4 fully saturated rings. The first-order chi connectivity index (χ1) is 19.2. The number of nitrogens with one attached hydrogen (secondary N) is 1. The summed E-state index contributed by atoms with van der Waals surface area (Å²) in [6, 6.07) is 8.69. The number of hydrogen-bond acceptors (Lipinski definition) is 5. The molecule has 0 aromatic heterocycles. The highest BCUT2D eigenvalue weighted by Crippen LogP contribution is 2.53. The average Bonchev–Trinajstić information content (AvgIpc) is 3.48. The Morgan fingerprint density at radius 2 is 1.73 bits per heavy atom.